The van der Waals surface area contributed by atoms with Crippen molar-refractivity contribution in [2.75, 3.05) is 10.6 Å². The zero-order valence-electron chi connectivity index (χ0n) is 13.1. The quantitative estimate of drug-likeness (QED) is 0.573. The molecule has 2 heterocycles. The lowest BCUT2D eigenvalue weighted by Gasteiger charge is -2.13. The van der Waals surface area contributed by atoms with Crippen molar-refractivity contribution >= 4 is 40.6 Å². The second-order valence-corrected chi connectivity index (χ2v) is 6.01. The second-order valence-electron chi connectivity index (χ2n) is 5.60. The van der Waals surface area contributed by atoms with E-state index >= 15 is 0 Å². The highest BCUT2D eigenvalue weighted by Gasteiger charge is 2.11. The third-order valence-electron chi connectivity index (χ3n) is 3.77. The Bertz CT molecular complexity index is 960. The van der Waals surface area contributed by atoms with Gasteiger partial charge >= 0.3 is 0 Å². The third kappa shape index (κ3) is 3.39. The second kappa shape index (κ2) is 6.41. The number of anilines is 4. The maximum absolute atomic E-state index is 12.4. The van der Waals surface area contributed by atoms with E-state index in [0.29, 0.717) is 28.9 Å². The number of nitrogens with zero attached hydrogens (tertiary/aromatic N) is 2. The van der Waals surface area contributed by atoms with Crippen LogP contribution in [-0.4, -0.2) is 15.9 Å². The molecule has 4 rings (SSSR count). The van der Waals surface area contributed by atoms with Crippen LogP contribution in [0.5, 0.6) is 0 Å². The zero-order chi connectivity index (χ0) is 17.2. The van der Waals surface area contributed by atoms with Gasteiger partial charge in [0.2, 0.25) is 5.95 Å². The number of hydrogen-bond donors (Lipinski definition) is 3. The minimum Gasteiger partial charge on any atom is -0.348 e. The normalized spacial score (nSPS) is 13.1. The van der Waals surface area contributed by atoms with E-state index < -0.39 is 0 Å². The van der Waals surface area contributed by atoms with Gasteiger partial charge in [-0.25, -0.2) is 4.98 Å². The van der Waals surface area contributed by atoms with E-state index in [2.05, 4.69) is 25.9 Å². The summed E-state index contributed by atoms with van der Waals surface area (Å²) < 4.78 is 0. The van der Waals surface area contributed by atoms with E-state index in [-0.39, 0.29) is 5.91 Å². The first-order valence-corrected chi connectivity index (χ1v) is 8.09. The lowest BCUT2D eigenvalue weighted by molar-refractivity contribution is 0.0951. The van der Waals surface area contributed by atoms with Crippen molar-refractivity contribution in [3.8, 4) is 0 Å². The van der Waals surface area contributed by atoms with Crippen molar-refractivity contribution in [3.05, 3.63) is 70.9 Å². The smallest absolute Gasteiger partial charge is 0.251 e. The number of amides is 1. The van der Waals surface area contributed by atoms with Crippen LogP contribution in [0.25, 0.3) is 0 Å². The number of hydrogen-bond acceptors (Lipinski definition) is 5. The molecule has 1 aliphatic heterocycles. The fourth-order valence-electron chi connectivity index (χ4n) is 2.56. The summed E-state index contributed by atoms with van der Waals surface area (Å²) in [6.07, 6.45) is 1.53. The largest absolute Gasteiger partial charge is 0.348 e. The summed E-state index contributed by atoms with van der Waals surface area (Å²) in [5, 5.41) is 9.59. The van der Waals surface area contributed by atoms with Gasteiger partial charge in [0.05, 0.1) is 6.20 Å². The molecule has 25 heavy (non-hydrogen) atoms. The summed E-state index contributed by atoms with van der Waals surface area (Å²) in [7, 11) is 0. The summed E-state index contributed by atoms with van der Waals surface area (Å²) in [6.45, 7) is 0.429. The van der Waals surface area contributed by atoms with Crippen LogP contribution in [0.1, 0.15) is 15.9 Å². The highest BCUT2D eigenvalue weighted by Crippen LogP contribution is 2.26. The molecule has 3 aromatic rings. The fraction of sp³-hybridized carbons (Fsp3) is 0.0556. The van der Waals surface area contributed by atoms with Crippen LogP contribution in [0, 0.1) is 0 Å². The van der Waals surface area contributed by atoms with Crippen LogP contribution in [0.2, 0.25) is 5.02 Å². The molecule has 0 saturated heterocycles. The Kier molecular flexibility index (Phi) is 3.95. The lowest BCUT2D eigenvalue weighted by Crippen LogP contribution is -2.22. The average Bonchev–Trinajstić information content (AvgIpc) is 2.62. The van der Waals surface area contributed by atoms with Crippen molar-refractivity contribution in [1.82, 2.24) is 15.3 Å². The summed E-state index contributed by atoms with van der Waals surface area (Å²) in [4.78, 5) is 21.0. The average molecular weight is 352 g/mol. The third-order valence-corrected chi connectivity index (χ3v) is 4.04. The summed E-state index contributed by atoms with van der Waals surface area (Å²) in [5.41, 5.74) is 3.07. The molecule has 0 spiro atoms. The van der Waals surface area contributed by atoms with Crippen molar-refractivity contribution in [2.45, 2.75) is 6.54 Å². The first-order valence-electron chi connectivity index (χ1n) is 7.71. The van der Waals surface area contributed by atoms with Gasteiger partial charge in [-0.15, -0.1) is 0 Å². The molecule has 3 N–H and O–H groups in total. The lowest BCUT2D eigenvalue weighted by atomic mass is 10.1. The highest BCUT2D eigenvalue weighted by atomic mass is 35.5. The highest BCUT2D eigenvalue weighted by molar-refractivity contribution is 6.32. The van der Waals surface area contributed by atoms with E-state index in [0.717, 1.165) is 16.9 Å². The molecule has 1 aromatic heterocycles. The van der Waals surface area contributed by atoms with Crippen LogP contribution < -0.4 is 16.0 Å². The molecular formula is C18H14ClN5O. The van der Waals surface area contributed by atoms with Gasteiger partial charge in [0.15, 0.2) is 5.82 Å². The van der Waals surface area contributed by atoms with E-state index in [9.17, 15) is 4.79 Å². The van der Waals surface area contributed by atoms with E-state index in [4.69, 9.17) is 11.6 Å². The van der Waals surface area contributed by atoms with Crippen molar-refractivity contribution < 1.29 is 4.79 Å². The minimum absolute atomic E-state index is 0.145. The summed E-state index contributed by atoms with van der Waals surface area (Å²) >= 11 is 6.19. The van der Waals surface area contributed by atoms with Gasteiger partial charge in [-0.05, 0) is 35.9 Å². The number of aromatic nitrogens is 2. The first-order chi connectivity index (χ1) is 12.2. The van der Waals surface area contributed by atoms with Gasteiger partial charge in [0.25, 0.3) is 5.91 Å². The summed E-state index contributed by atoms with van der Waals surface area (Å²) in [5.74, 6) is 0.750. The Morgan fingerprint density at radius 1 is 1.00 bits per heavy atom. The molecular weight excluding hydrogens is 338 g/mol. The number of carbonyl (C=O) groups excluding carboxylic acids is 1. The number of carbonyl (C=O) groups is 1. The molecule has 0 saturated carbocycles. The van der Waals surface area contributed by atoms with Gasteiger partial charge in [0.1, 0.15) is 5.02 Å². The van der Waals surface area contributed by atoms with Crippen LogP contribution >= 0.6 is 11.6 Å². The van der Waals surface area contributed by atoms with Gasteiger partial charge in [-0.3, -0.25) is 4.79 Å². The van der Waals surface area contributed by atoms with E-state index in [1.807, 2.05) is 30.3 Å². The van der Waals surface area contributed by atoms with Gasteiger partial charge in [-0.2, -0.15) is 4.98 Å². The summed E-state index contributed by atoms with van der Waals surface area (Å²) in [6, 6.07) is 14.9. The number of benzene rings is 2. The van der Waals surface area contributed by atoms with Crippen molar-refractivity contribution in [2.24, 2.45) is 0 Å². The van der Waals surface area contributed by atoms with Gasteiger partial charge in [-0.1, -0.05) is 29.8 Å². The standard InChI is InChI=1S/C18H14ClN5O/c19-15-10-21-18-23-13-5-1-3-11(7-13)9-20-17(25)12-4-2-6-14(8-12)22-16(15)24-18/h1-8,10H,9H2,(H,20,25)(H2,21,22,23,24). The zero-order valence-corrected chi connectivity index (χ0v) is 13.8. The predicted octanol–water partition coefficient (Wildman–Crippen LogP) is 3.86. The molecule has 6 bridgehead atoms. The van der Waals surface area contributed by atoms with Gasteiger partial charge < -0.3 is 16.0 Å². The van der Waals surface area contributed by atoms with Crippen LogP contribution in [0.3, 0.4) is 0 Å². The number of rotatable bonds is 0. The van der Waals surface area contributed by atoms with Crippen molar-refractivity contribution in [3.63, 3.8) is 0 Å². The number of halogens is 1. The first kappa shape index (κ1) is 15.4. The maximum atomic E-state index is 12.4. The Balaban J connectivity index is 1.81. The molecule has 2 aromatic carbocycles. The van der Waals surface area contributed by atoms with Crippen LogP contribution in [0.15, 0.2) is 54.7 Å². The topological polar surface area (TPSA) is 78.9 Å². The van der Waals surface area contributed by atoms with E-state index in [1.165, 1.54) is 6.20 Å². The minimum atomic E-state index is -0.145. The Morgan fingerprint density at radius 3 is 2.68 bits per heavy atom. The molecule has 7 heteroatoms. The number of nitrogens with one attached hydrogen (secondary N) is 3. The Hall–Kier alpha value is -3.12. The van der Waals surface area contributed by atoms with Crippen LogP contribution in [-0.2, 0) is 6.54 Å². The molecule has 0 fully saturated rings. The van der Waals surface area contributed by atoms with E-state index in [1.54, 1.807) is 18.2 Å². The molecule has 124 valence electrons. The van der Waals surface area contributed by atoms with Crippen molar-refractivity contribution in [1.29, 1.82) is 0 Å². The SMILES string of the molecule is O=C1NCc2cccc(c2)Nc2ncc(Cl)c(n2)Nc2cccc1c2. The molecule has 0 radical (unpaired) electrons. The molecule has 0 aliphatic carbocycles. The molecule has 0 atom stereocenters. The monoisotopic (exact) mass is 351 g/mol. The van der Waals surface area contributed by atoms with Gasteiger partial charge in [0, 0.05) is 23.5 Å². The molecule has 6 nitrogen and oxygen atoms in total. The number of fused-ring (bicyclic) bond motifs is 6. The Labute approximate surface area is 149 Å². The predicted molar refractivity (Wildman–Crippen MR) is 97.7 cm³/mol. The van der Waals surface area contributed by atoms with Crippen LogP contribution in [0.4, 0.5) is 23.1 Å². The maximum Gasteiger partial charge on any atom is 0.251 e. The molecule has 1 amide bonds. The molecule has 1 aliphatic rings. The fourth-order valence-corrected chi connectivity index (χ4v) is 2.70. The molecule has 0 unspecified atom stereocenters. The Morgan fingerprint density at radius 2 is 1.80 bits per heavy atom.